The third-order valence-corrected chi connectivity index (χ3v) is 1.66. The third-order valence-electron chi connectivity index (χ3n) is 1.66. The maximum Gasteiger partial charge on any atom is 0.240 e. The normalized spacial score (nSPS) is 9.20. The molecular formula is C11H13NO3. The number of ether oxygens (including phenoxy) is 2. The SMILES string of the molecule is CCOc1cc(N=C=O)cc(OCC)c1. The van der Waals surface area contributed by atoms with E-state index in [1.165, 1.54) is 6.08 Å². The van der Waals surface area contributed by atoms with Gasteiger partial charge in [0.25, 0.3) is 0 Å². The highest BCUT2D eigenvalue weighted by molar-refractivity contribution is 5.55. The minimum atomic E-state index is 0.486. The maximum absolute atomic E-state index is 10.1. The summed E-state index contributed by atoms with van der Waals surface area (Å²) in [5.74, 6) is 1.27. The van der Waals surface area contributed by atoms with Crippen LogP contribution in [0.25, 0.3) is 0 Å². The highest BCUT2D eigenvalue weighted by atomic mass is 16.5. The van der Waals surface area contributed by atoms with E-state index in [4.69, 9.17) is 9.47 Å². The molecule has 1 aromatic carbocycles. The Morgan fingerprint density at radius 3 is 2.07 bits per heavy atom. The summed E-state index contributed by atoms with van der Waals surface area (Å²) in [6.07, 6.45) is 1.49. The number of hydrogen-bond donors (Lipinski definition) is 0. The van der Waals surface area contributed by atoms with Crippen LogP contribution in [0.4, 0.5) is 5.69 Å². The topological polar surface area (TPSA) is 47.9 Å². The van der Waals surface area contributed by atoms with Gasteiger partial charge in [0, 0.05) is 18.2 Å². The number of benzene rings is 1. The van der Waals surface area contributed by atoms with Gasteiger partial charge >= 0.3 is 0 Å². The summed E-state index contributed by atoms with van der Waals surface area (Å²) in [5, 5.41) is 0. The van der Waals surface area contributed by atoms with E-state index >= 15 is 0 Å². The van der Waals surface area contributed by atoms with Gasteiger partial charge in [-0.2, -0.15) is 4.99 Å². The predicted octanol–water partition coefficient (Wildman–Crippen LogP) is 2.45. The Kier molecular flexibility index (Phi) is 4.38. The van der Waals surface area contributed by atoms with E-state index in [1.807, 2.05) is 13.8 Å². The molecule has 0 heterocycles. The zero-order valence-corrected chi connectivity index (χ0v) is 8.82. The van der Waals surface area contributed by atoms with Crippen molar-refractivity contribution in [3.8, 4) is 11.5 Å². The standard InChI is InChI=1S/C11H13NO3/c1-3-14-10-5-9(12-8-13)6-11(7-10)15-4-2/h5-7H,3-4H2,1-2H3. The number of rotatable bonds is 5. The molecule has 0 amide bonds. The van der Waals surface area contributed by atoms with Crippen molar-refractivity contribution in [3.63, 3.8) is 0 Å². The summed E-state index contributed by atoms with van der Waals surface area (Å²) in [6.45, 7) is 4.88. The van der Waals surface area contributed by atoms with Crippen LogP contribution in [-0.2, 0) is 4.79 Å². The second-order valence-corrected chi connectivity index (χ2v) is 2.73. The van der Waals surface area contributed by atoms with Gasteiger partial charge in [-0.1, -0.05) is 0 Å². The molecule has 0 saturated heterocycles. The van der Waals surface area contributed by atoms with Crippen LogP contribution in [0, 0.1) is 0 Å². The summed E-state index contributed by atoms with van der Waals surface area (Å²) < 4.78 is 10.6. The highest BCUT2D eigenvalue weighted by Crippen LogP contribution is 2.27. The Bertz CT molecular complexity index is 346. The molecule has 0 N–H and O–H groups in total. The monoisotopic (exact) mass is 207 g/mol. The lowest BCUT2D eigenvalue weighted by atomic mass is 10.3. The van der Waals surface area contributed by atoms with Crippen LogP contribution in [0.2, 0.25) is 0 Å². The fourth-order valence-corrected chi connectivity index (χ4v) is 1.17. The van der Waals surface area contributed by atoms with Crippen LogP contribution in [0.1, 0.15) is 13.8 Å². The van der Waals surface area contributed by atoms with E-state index in [-0.39, 0.29) is 0 Å². The minimum absolute atomic E-state index is 0.486. The molecule has 15 heavy (non-hydrogen) atoms. The quantitative estimate of drug-likeness (QED) is 0.550. The first-order valence-corrected chi connectivity index (χ1v) is 4.78. The fraction of sp³-hybridized carbons (Fsp3) is 0.364. The summed E-state index contributed by atoms with van der Waals surface area (Å²) in [4.78, 5) is 13.7. The van der Waals surface area contributed by atoms with Crippen molar-refractivity contribution in [2.45, 2.75) is 13.8 Å². The first kappa shape index (κ1) is 11.3. The molecule has 4 nitrogen and oxygen atoms in total. The molecule has 4 heteroatoms. The molecule has 0 saturated carbocycles. The smallest absolute Gasteiger partial charge is 0.240 e. The van der Waals surface area contributed by atoms with Gasteiger partial charge < -0.3 is 9.47 Å². The van der Waals surface area contributed by atoms with Crippen LogP contribution in [-0.4, -0.2) is 19.3 Å². The van der Waals surface area contributed by atoms with Crippen molar-refractivity contribution < 1.29 is 14.3 Å². The third kappa shape index (κ3) is 3.44. The summed E-state index contributed by atoms with van der Waals surface area (Å²) in [7, 11) is 0. The Morgan fingerprint density at radius 1 is 1.13 bits per heavy atom. The molecule has 0 aromatic heterocycles. The fourth-order valence-electron chi connectivity index (χ4n) is 1.17. The highest BCUT2D eigenvalue weighted by Gasteiger charge is 2.01. The first-order valence-electron chi connectivity index (χ1n) is 4.78. The lowest BCUT2D eigenvalue weighted by Gasteiger charge is -2.07. The average Bonchev–Trinajstić information content (AvgIpc) is 2.19. The van der Waals surface area contributed by atoms with Crippen molar-refractivity contribution >= 4 is 11.8 Å². The van der Waals surface area contributed by atoms with Crippen molar-refractivity contribution in [1.29, 1.82) is 0 Å². The van der Waals surface area contributed by atoms with E-state index in [9.17, 15) is 4.79 Å². The molecule has 0 unspecified atom stereocenters. The number of hydrogen-bond acceptors (Lipinski definition) is 4. The molecule has 0 aliphatic heterocycles. The van der Waals surface area contributed by atoms with E-state index in [2.05, 4.69) is 4.99 Å². The molecule has 1 rings (SSSR count). The van der Waals surface area contributed by atoms with Crippen molar-refractivity contribution in [2.24, 2.45) is 4.99 Å². The van der Waals surface area contributed by atoms with Crippen LogP contribution in [0.3, 0.4) is 0 Å². The zero-order chi connectivity index (χ0) is 11.1. The number of nitrogens with zero attached hydrogens (tertiary/aromatic N) is 1. The second-order valence-electron chi connectivity index (χ2n) is 2.73. The molecule has 1 aromatic rings. The molecule has 0 fully saturated rings. The molecule has 0 aliphatic rings. The summed E-state index contributed by atoms with van der Waals surface area (Å²) in [6, 6.07) is 5.09. The lowest BCUT2D eigenvalue weighted by molar-refractivity contribution is 0.323. The van der Waals surface area contributed by atoms with E-state index < -0.39 is 0 Å². The van der Waals surface area contributed by atoms with Gasteiger partial charge in [0.05, 0.1) is 18.9 Å². The first-order chi connectivity index (χ1) is 7.30. The molecular weight excluding hydrogens is 194 g/mol. The minimum Gasteiger partial charge on any atom is -0.494 e. The number of carbonyl (C=O) groups excluding carboxylic acids is 1. The molecule has 0 atom stereocenters. The molecule has 80 valence electrons. The summed E-state index contributed by atoms with van der Waals surface area (Å²) >= 11 is 0. The number of isocyanates is 1. The van der Waals surface area contributed by atoms with Gasteiger partial charge in [0.1, 0.15) is 11.5 Å². The van der Waals surface area contributed by atoms with Gasteiger partial charge in [-0.05, 0) is 13.8 Å². The maximum atomic E-state index is 10.1. The number of aliphatic imine (C=N–C) groups is 1. The Labute approximate surface area is 88.5 Å². The molecule has 0 aliphatic carbocycles. The molecule has 0 bridgehead atoms. The van der Waals surface area contributed by atoms with Gasteiger partial charge in [-0.15, -0.1) is 0 Å². The van der Waals surface area contributed by atoms with Crippen LogP contribution >= 0.6 is 0 Å². The van der Waals surface area contributed by atoms with E-state index in [1.54, 1.807) is 18.2 Å². The second kappa shape index (κ2) is 5.83. The van der Waals surface area contributed by atoms with Crippen LogP contribution in [0.5, 0.6) is 11.5 Å². The molecule has 0 spiro atoms. The van der Waals surface area contributed by atoms with Gasteiger partial charge in [0.2, 0.25) is 6.08 Å². The predicted molar refractivity (Wildman–Crippen MR) is 56.6 cm³/mol. The van der Waals surface area contributed by atoms with Gasteiger partial charge in [0.15, 0.2) is 0 Å². The van der Waals surface area contributed by atoms with Gasteiger partial charge in [-0.3, -0.25) is 0 Å². The zero-order valence-electron chi connectivity index (χ0n) is 8.82. The van der Waals surface area contributed by atoms with Crippen molar-refractivity contribution in [3.05, 3.63) is 18.2 Å². The van der Waals surface area contributed by atoms with Crippen LogP contribution in [0.15, 0.2) is 23.2 Å². The Hall–Kier alpha value is -1.80. The van der Waals surface area contributed by atoms with Crippen LogP contribution < -0.4 is 9.47 Å². The summed E-state index contributed by atoms with van der Waals surface area (Å²) in [5.41, 5.74) is 0.486. The van der Waals surface area contributed by atoms with Gasteiger partial charge in [-0.25, -0.2) is 4.79 Å². The van der Waals surface area contributed by atoms with Crippen molar-refractivity contribution in [1.82, 2.24) is 0 Å². The van der Waals surface area contributed by atoms with E-state index in [0.29, 0.717) is 30.4 Å². The Balaban J connectivity index is 3.01. The Morgan fingerprint density at radius 2 is 1.67 bits per heavy atom. The van der Waals surface area contributed by atoms with E-state index in [0.717, 1.165) is 0 Å². The lowest BCUT2D eigenvalue weighted by Crippen LogP contribution is -1.94. The molecule has 0 radical (unpaired) electrons. The average molecular weight is 207 g/mol. The largest absolute Gasteiger partial charge is 0.494 e. The van der Waals surface area contributed by atoms with Crippen molar-refractivity contribution in [2.75, 3.05) is 13.2 Å².